The van der Waals surface area contributed by atoms with Crippen LogP contribution >= 0.6 is 15.9 Å². The molecule has 0 radical (unpaired) electrons. The number of aromatic nitrogens is 2. The average Bonchev–Trinajstić information content (AvgIpc) is 2.82. The molecule has 1 aromatic carbocycles. The summed E-state index contributed by atoms with van der Waals surface area (Å²) in [5, 5.41) is 6.91. The van der Waals surface area contributed by atoms with Crippen LogP contribution in [0.25, 0.3) is 0 Å². The normalized spacial score (nSPS) is 10.2. The first kappa shape index (κ1) is 13.6. The van der Waals surface area contributed by atoms with Crippen molar-refractivity contribution in [2.45, 2.75) is 13.0 Å². The van der Waals surface area contributed by atoms with Gasteiger partial charge in [0.2, 0.25) is 5.91 Å². The molecule has 5 nitrogen and oxygen atoms in total. The molecule has 1 amide bonds. The van der Waals surface area contributed by atoms with Crippen LogP contribution in [0.5, 0.6) is 5.75 Å². The number of ether oxygens (including phenoxy) is 1. The van der Waals surface area contributed by atoms with Crippen LogP contribution in [0.4, 0.5) is 5.69 Å². The zero-order valence-corrected chi connectivity index (χ0v) is 12.1. The fraction of sp³-hybridized carbons (Fsp3) is 0.231. The third-order valence-electron chi connectivity index (χ3n) is 2.52. The molecule has 0 aliphatic rings. The number of anilines is 1. The molecule has 1 aromatic heterocycles. The van der Waals surface area contributed by atoms with E-state index in [-0.39, 0.29) is 5.91 Å². The van der Waals surface area contributed by atoms with Crippen LogP contribution in [-0.4, -0.2) is 22.8 Å². The molecule has 0 saturated heterocycles. The summed E-state index contributed by atoms with van der Waals surface area (Å²) in [6.07, 6.45) is 3.89. The van der Waals surface area contributed by atoms with E-state index >= 15 is 0 Å². The second-order valence-corrected chi connectivity index (χ2v) is 4.87. The van der Waals surface area contributed by atoms with Gasteiger partial charge in [-0.1, -0.05) is 6.07 Å². The molecule has 0 aliphatic carbocycles. The van der Waals surface area contributed by atoms with Gasteiger partial charge in [-0.05, 0) is 28.1 Å². The standard InChI is InChI=1S/C13H14BrN3O2/c1-19-12-4-2-3-11(7-12)16-13(18)5-6-17-9-10(14)8-15-17/h2-4,7-9H,5-6H2,1H3,(H,16,18). The van der Waals surface area contributed by atoms with Crippen molar-refractivity contribution in [3.63, 3.8) is 0 Å². The van der Waals surface area contributed by atoms with Crippen molar-refractivity contribution in [3.05, 3.63) is 41.1 Å². The lowest BCUT2D eigenvalue weighted by molar-refractivity contribution is -0.116. The van der Waals surface area contributed by atoms with Gasteiger partial charge in [0.15, 0.2) is 0 Å². The zero-order chi connectivity index (χ0) is 13.7. The van der Waals surface area contributed by atoms with Gasteiger partial charge < -0.3 is 10.1 Å². The predicted octanol–water partition coefficient (Wildman–Crippen LogP) is 2.68. The maximum atomic E-state index is 11.8. The number of carbonyl (C=O) groups excluding carboxylic acids is 1. The minimum absolute atomic E-state index is 0.0557. The average molecular weight is 324 g/mol. The van der Waals surface area contributed by atoms with Crippen molar-refractivity contribution < 1.29 is 9.53 Å². The van der Waals surface area contributed by atoms with Crippen molar-refractivity contribution in [2.24, 2.45) is 0 Å². The maximum absolute atomic E-state index is 11.8. The quantitative estimate of drug-likeness (QED) is 0.920. The van der Waals surface area contributed by atoms with E-state index in [9.17, 15) is 4.79 Å². The van der Waals surface area contributed by atoms with E-state index in [0.29, 0.717) is 18.7 Å². The smallest absolute Gasteiger partial charge is 0.226 e. The first-order valence-electron chi connectivity index (χ1n) is 5.79. The Morgan fingerprint density at radius 1 is 1.53 bits per heavy atom. The summed E-state index contributed by atoms with van der Waals surface area (Å²) in [6.45, 7) is 0.543. The largest absolute Gasteiger partial charge is 0.497 e. The molecule has 100 valence electrons. The number of methoxy groups -OCH3 is 1. The van der Waals surface area contributed by atoms with E-state index in [0.717, 1.165) is 10.2 Å². The molecule has 0 saturated carbocycles. The first-order chi connectivity index (χ1) is 9.17. The van der Waals surface area contributed by atoms with E-state index < -0.39 is 0 Å². The molecule has 0 spiro atoms. The highest BCUT2D eigenvalue weighted by molar-refractivity contribution is 9.10. The minimum atomic E-state index is -0.0557. The highest BCUT2D eigenvalue weighted by Gasteiger charge is 2.04. The van der Waals surface area contributed by atoms with E-state index in [1.807, 2.05) is 24.4 Å². The minimum Gasteiger partial charge on any atom is -0.497 e. The van der Waals surface area contributed by atoms with E-state index in [1.165, 1.54) is 0 Å². The Morgan fingerprint density at radius 3 is 3.05 bits per heavy atom. The van der Waals surface area contributed by atoms with Gasteiger partial charge >= 0.3 is 0 Å². The van der Waals surface area contributed by atoms with Crippen molar-refractivity contribution >= 4 is 27.5 Å². The summed E-state index contributed by atoms with van der Waals surface area (Å²) in [5.74, 6) is 0.661. The molecule has 0 fully saturated rings. The Labute approximate surface area is 119 Å². The van der Waals surface area contributed by atoms with Crippen LogP contribution in [0.3, 0.4) is 0 Å². The number of halogens is 1. The van der Waals surface area contributed by atoms with Gasteiger partial charge in [0.25, 0.3) is 0 Å². The molecular formula is C13H14BrN3O2. The third kappa shape index (κ3) is 4.10. The summed E-state index contributed by atoms with van der Waals surface area (Å²) >= 11 is 3.31. The molecule has 1 heterocycles. The predicted molar refractivity (Wildman–Crippen MR) is 76.2 cm³/mol. The summed E-state index contributed by atoms with van der Waals surface area (Å²) in [4.78, 5) is 11.8. The van der Waals surface area contributed by atoms with Crippen LogP contribution in [0.15, 0.2) is 41.1 Å². The van der Waals surface area contributed by atoms with Crippen molar-refractivity contribution in [1.29, 1.82) is 0 Å². The van der Waals surface area contributed by atoms with Crippen LogP contribution < -0.4 is 10.1 Å². The molecular weight excluding hydrogens is 310 g/mol. The van der Waals surface area contributed by atoms with Gasteiger partial charge in [-0.25, -0.2) is 0 Å². The Morgan fingerprint density at radius 2 is 2.37 bits per heavy atom. The summed E-state index contributed by atoms with van der Waals surface area (Å²) < 4.78 is 7.72. The summed E-state index contributed by atoms with van der Waals surface area (Å²) in [5.41, 5.74) is 0.728. The second-order valence-electron chi connectivity index (χ2n) is 3.95. The number of amides is 1. The SMILES string of the molecule is COc1cccc(NC(=O)CCn2cc(Br)cn2)c1. The van der Waals surface area contributed by atoms with Crippen LogP contribution in [-0.2, 0) is 11.3 Å². The number of rotatable bonds is 5. The Balaban J connectivity index is 1.86. The van der Waals surface area contributed by atoms with E-state index in [2.05, 4.69) is 26.3 Å². The molecule has 6 heteroatoms. The molecule has 1 N–H and O–H groups in total. The van der Waals surface area contributed by atoms with Crippen molar-refractivity contribution in [3.8, 4) is 5.75 Å². The molecule has 2 aromatic rings. The lowest BCUT2D eigenvalue weighted by atomic mass is 10.3. The number of carbonyl (C=O) groups is 1. The second kappa shape index (κ2) is 6.38. The number of nitrogens with one attached hydrogen (secondary N) is 1. The van der Waals surface area contributed by atoms with Gasteiger partial charge in [0.1, 0.15) is 5.75 Å². The van der Waals surface area contributed by atoms with Gasteiger partial charge in [-0.3, -0.25) is 9.48 Å². The van der Waals surface area contributed by atoms with Crippen LogP contribution in [0.1, 0.15) is 6.42 Å². The van der Waals surface area contributed by atoms with E-state index in [1.54, 1.807) is 24.1 Å². The Bertz CT molecular complexity index is 569. The van der Waals surface area contributed by atoms with Gasteiger partial charge in [0, 0.05) is 30.9 Å². The molecule has 0 bridgehead atoms. The lowest BCUT2D eigenvalue weighted by Crippen LogP contribution is -2.14. The lowest BCUT2D eigenvalue weighted by Gasteiger charge is -2.07. The van der Waals surface area contributed by atoms with Crippen LogP contribution in [0.2, 0.25) is 0 Å². The summed E-state index contributed by atoms with van der Waals surface area (Å²) in [7, 11) is 1.59. The summed E-state index contributed by atoms with van der Waals surface area (Å²) in [6, 6.07) is 7.27. The molecule has 0 atom stereocenters. The van der Waals surface area contributed by atoms with Gasteiger partial charge in [-0.2, -0.15) is 5.10 Å². The molecule has 2 rings (SSSR count). The number of hydrogen-bond acceptors (Lipinski definition) is 3. The fourth-order valence-corrected chi connectivity index (χ4v) is 1.93. The van der Waals surface area contributed by atoms with Crippen LogP contribution in [0, 0.1) is 0 Å². The first-order valence-corrected chi connectivity index (χ1v) is 6.58. The van der Waals surface area contributed by atoms with Crippen molar-refractivity contribution in [2.75, 3.05) is 12.4 Å². The number of nitrogens with zero attached hydrogens (tertiary/aromatic N) is 2. The third-order valence-corrected chi connectivity index (χ3v) is 2.93. The zero-order valence-electron chi connectivity index (χ0n) is 10.5. The molecule has 0 aliphatic heterocycles. The Hall–Kier alpha value is -1.82. The number of aryl methyl sites for hydroxylation is 1. The highest BCUT2D eigenvalue weighted by atomic mass is 79.9. The topological polar surface area (TPSA) is 56.1 Å². The van der Waals surface area contributed by atoms with Gasteiger partial charge in [0.05, 0.1) is 17.8 Å². The molecule has 0 unspecified atom stereocenters. The van der Waals surface area contributed by atoms with E-state index in [4.69, 9.17) is 4.74 Å². The fourth-order valence-electron chi connectivity index (χ4n) is 1.60. The monoisotopic (exact) mass is 323 g/mol. The highest BCUT2D eigenvalue weighted by Crippen LogP contribution is 2.16. The number of benzene rings is 1. The molecule has 19 heavy (non-hydrogen) atoms. The van der Waals surface area contributed by atoms with Gasteiger partial charge in [-0.15, -0.1) is 0 Å². The Kier molecular flexibility index (Phi) is 4.57. The number of hydrogen-bond donors (Lipinski definition) is 1. The maximum Gasteiger partial charge on any atom is 0.226 e. The van der Waals surface area contributed by atoms with Crippen molar-refractivity contribution in [1.82, 2.24) is 9.78 Å².